The standard InChI is InChI=1S/C76H136O6/c1-4-7-10-13-16-19-22-25-28-30-32-34-36-37-38-39-41-42-44-46-48-51-54-57-60-63-66-69-75(78)81-72-73(71-80-74(77)68-65-62-59-56-53-50-27-24-21-18-15-12-9-6-3)82-76(79)70-67-64-61-58-55-52-49-47-45-43-40-35-33-31-29-26-23-20-17-14-11-8-5-2/h15,18,22,24-25,27,30-33,36-37,73H,4-14,16-17,19-21,23,26,28-29,34-35,38-72H2,1-3H3/b18-15-,25-22-,27-24-,32-30-,33-31-,37-36-. The lowest BCUT2D eigenvalue weighted by Gasteiger charge is -2.18. The molecule has 0 aliphatic heterocycles. The minimum absolute atomic E-state index is 0.0788. The SMILES string of the molecule is CCCC/C=C\C/C=C\CCCCCCCC(=O)OCC(COC(=O)CCCCCCCCCCCCCC/C=C\C/C=C\C/C=C\CCCCCCC)OC(=O)CCCCCCCCCCCCC/C=C\CCCCCCCCCC. The molecule has 0 N–H and O–H groups in total. The van der Waals surface area contributed by atoms with Crippen LogP contribution in [-0.2, 0) is 28.6 Å². The molecule has 0 heterocycles. The van der Waals surface area contributed by atoms with Gasteiger partial charge in [-0.3, -0.25) is 14.4 Å². The number of rotatable bonds is 66. The van der Waals surface area contributed by atoms with Crippen molar-refractivity contribution in [1.29, 1.82) is 0 Å². The van der Waals surface area contributed by atoms with Crippen molar-refractivity contribution < 1.29 is 28.6 Å². The fraction of sp³-hybridized carbons (Fsp3) is 0.803. The second kappa shape index (κ2) is 70.3. The monoisotopic (exact) mass is 1150 g/mol. The number of carbonyl (C=O) groups excluding carboxylic acids is 3. The third-order valence-electron chi connectivity index (χ3n) is 15.9. The molecular formula is C76H136O6. The van der Waals surface area contributed by atoms with Crippen LogP contribution >= 0.6 is 0 Å². The number of esters is 3. The van der Waals surface area contributed by atoms with Crippen LogP contribution in [0.4, 0.5) is 0 Å². The zero-order chi connectivity index (χ0) is 59.2. The topological polar surface area (TPSA) is 78.9 Å². The maximum absolute atomic E-state index is 13.0. The Hall–Kier alpha value is -3.15. The molecule has 0 aliphatic carbocycles. The van der Waals surface area contributed by atoms with E-state index >= 15 is 0 Å². The molecule has 0 aromatic rings. The van der Waals surface area contributed by atoms with E-state index in [1.165, 1.54) is 244 Å². The van der Waals surface area contributed by atoms with E-state index in [1.807, 2.05) is 0 Å². The molecule has 0 aliphatic rings. The first-order valence-corrected chi connectivity index (χ1v) is 35.9. The Morgan fingerprint density at radius 3 is 0.732 bits per heavy atom. The summed E-state index contributed by atoms with van der Waals surface area (Å²) in [5.41, 5.74) is 0. The first-order chi connectivity index (χ1) is 40.5. The van der Waals surface area contributed by atoms with Crippen LogP contribution < -0.4 is 0 Å². The normalized spacial score (nSPS) is 12.5. The van der Waals surface area contributed by atoms with Crippen LogP contribution in [-0.4, -0.2) is 37.2 Å². The van der Waals surface area contributed by atoms with E-state index in [1.54, 1.807) is 0 Å². The molecular weight excluding hydrogens is 1010 g/mol. The molecule has 6 nitrogen and oxygen atoms in total. The van der Waals surface area contributed by atoms with Crippen molar-refractivity contribution in [1.82, 2.24) is 0 Å². The van der Waals surface area contributed by atoms with E-state index in [2.05, 4.69) is 93.7 Å². The third kappa shape index (κ3) is 67.6. The molecule has 0 aromatic heterocycles. The molecule has 476 valence electrons. The third-order valence-corrected chi connectivity index (χ3v) is 15.9. The Balaban J connectivity index is 4.28. The number of hydrogen-bond donors (Lipinski definition) is 0. The summed E-state index contributed by atoms with van der Waals surface area (Å²) in [6.07, 6.45) is 92.1. The predicted molar refractivity (Wildman–Crippen MR) is 358 cm³/mol. The molecule has 6 heteroatoms. The highest BCUT2D eigenvalue weighted by Crippen LogP contribution is 2.17. The van der Waals surface area contributed by atoms with Crippen molar-refractivity contribution in [2.24, 2.45) is 0 Å². The molecule has 0 rings (SSSR count). The van der Waals surface area contributed by atoms with Gasteiger partial charge in [-0.25, -0.2) is 0 Å². The second-order valence-electron chi connectivity index (χ2n) is 24.1. The molecule has 0 aromatic carbocycles. The number of unbranched alkanes of at least 4 members (excludes halogenated alkanes) is 43. The van der Waals surface area contributed by atoms with Gasteiger partial charge in [0, 0.05) is 19.3 Å². The molecule has 0 amide bonds. The number of allylic oxidation sites excluding steroid dienone is 12. The smallest absolute Gasteiger partial charge is 0.306 e. The molecule has 0 spiro atoms. The van der Waals surface area contributed by atoms with Crippen molar-refractivity contribution in [2.45, 2.75) is 380 Å². The van der Waals surface area contributed by atoms with Gasteiger partial charge in [-0.15, -0.1) is 0 Å². The van der Waals surface area contributed by atoms with Gasteiger partial charge in [0.2, 0.25) is 0 Å². The molecule has 1 atom stereocenters. The van der Waals surface area contributed by atoms with E-state index in [-0.39, 0.29) is 31.1 Å². The van der Waals surface area contributed by atoms with Crippen LogP contribution in [0.3, 0.4) is 0 Å². The van der Waals surface area contributed by atoms with Gasteiger partial charge in [0.25, 0.3) is 0 Å². The minimum Gasteiger partial charge on any atom is -0.462 e. The summed E-state index contributed by atoms with van der Waals surface area (Å²) in [7, 11) is 0. The lowest BCUT2D eigenvalue weighted by molar-refractivity contribution is -0.167. The average molecular weight is 1150 g/mol. The van der Waals surface area contributed by atoms with Gasteiger partial charge >= 0.3 is 17.9 Å². The average Bonchev–Trinajstić information content (AvgIpc) is 3.47. The molecule has 0 saturated heterocycles. The summed E-state index contributed by atoms with van der Waals surface area (Å²) in [5, 5.41) is 0. The number of hydrogen-bond acceptors (Lipinski definition) is 6. The van der Waals surface area contributed by atoms with Gasteiger partial charge in [-0.1, -0.05) is 318 Å². The predicted octanol–water partition coefficient (Wildman–Crippen LogP) is 24.8. The first kappa shape index (κ1) is 78.8. The zero-order valence-electron chi connectivity index (χ0n) is 54.8. The summed E-state index contributed by atoms with van der Waals surface area (Å²) < 4.78 is 17.0. The molecule has 0 saturated carbocycles. The number of carbonyl (C=O) groups is 3. The Kier molecular flexibility index (Phi) is 67.6. The molecule has 82 heavy (non-hydrogen) atoms. The lowest BCUT2D eigenvalue weighted by atomic mass is 10.0. The lowest BCUT2D eigenvalue weighted by Crippen LogP contribution is -2.30. The highest BCUT2D eigenvalue weighted by molar-refractivity contribution is 5.71. The number of ether oxygens (including phenoxy) is 3. The molecule has 0 radical (unpaired) electrons. The summed E-state index contributed by atoms with van der Waals surface area (Å²) in [5.74, 6) is -0.875. The molecule has 0 fully saturated rings. The second-order valence-corrected chi connectivity index (χ2v) is 24.1. The van der Waals surface area contributed by atoms with Crippen LogP contribution in [0.2, 0.25) is 0 Å². The largest absolute Gasteiger partial charge is 0.462 e. The van der Waals surface area contributed by atoms with Gasteiger partial charge in [-0.2, -0.15) is 0 Å². The van der Waals surface area contributed by atoms with Gasteiger partial charge in [-0.05, 0) is 109 Å². The van der Waals surface area contributed by atoms with Gasteiger partial charge in [0.15, 0.2) is 6.10 Å². The van der Waals surface area contributed by atoms with E-state index in [9.17, 15) is 14.4 Å². The van der Waals surface area contributed by atoms with Crippen LogP contribution in [0.15, 0.2) is 72.9 Å². The van der Waals surface area contributed by atoms with Crippen molar-refractivity contribution >= 4 is 17.9 Å². The van der Waals surface area contributed by atoms with Crippen LogP contribution in [0.5, 0.6) is 0 Å². The van der Waals surface area contributed by atoms with E-state index in [4.69, 9.17) is 14.2 Å². The van der Waals surface area contributed by atoms with E-state index in [0.717, 1.165) is 89.9 Å². The van der Waals surface area contributed by atoms with Crippen molar-refractivity contribution in [3.05, 3.63) is 72.9 Å². The summed E-state index contributed by atoms with van der Waals surface area (Å²) in [6.45, 7) is 6.63. The fourth-order valence-corrected chi connectivity index (χ4v) is 10.5. The summed E-state index contributed by atoms with van der Waals surface area (Å²) in [4.78, 5) is 38.5. The minimum atomic E-state index is -0.784. The molecule has 0 bridgehead atoms. The van der Waals surface area contributed by atoms with Gasteiger partial charge < -0.3 is 14.2 Å². The Bertz CT molecular complexity index is 1500. The Morgan fingerprint density at radius 2 is 0.451 bits per heavy atom. The van der Waals surface area contributed by atoms with Crippen LogP contribution in [0.25, 0.3) is 0 Å². The summed E-state index contributed by atoms with van der Waals surface area (Å²) in [6, 6.07) is 0. The Labute approximate surface area is 510 Å². The highest BCUT2D eigenvalue weighted by atomic mass is 16.6. The highest BCUT2D eigenvalue weighted by Gasteiger charge is 2.19. The summed E-state index contributed by atoms with van der Waals surface area (Å²) >= 11 is 0. The zero-order valence-corrected chi connectivity index (χ0v) is 54.8. The van der Waals surface area contributed by atoms with Crippen molar-refractivity contribution in [3.8, 4) is 0 Å². The van der Waals surface area contributed by atoms with Gasteiger partial charge in [0.1, 0.15) is 13.2 Å². The van der Waals surface area contributed by atoms with E-state index < -0.39 is 6.10 Å². The fourth-order valence-electron chi connectivity index (χ4n) is 10.5. The van der Waals surface area contributed by atoms with Crippen molar-refractivity contribution in [3.63, 3.8) is 0 Å². The molecule has 1 unspecified atom stereocenters. The van der Waals surface area contributed by atoms with E-state index in [0.29, 0.717) is 19.3 Å². The van der Waals surface area contributed by atoms with Gasteiger partial charge in [0.05, 0.1) is 0 Å². The Morgan fingerprint density at radius 1 is 0.244 bits per heavy atom. The van der Waals surface area contributed by atoms with Crippen LogP contribution in [0.1, 0.15) is 374 Å². The quantitative estimate of drug-likeness (QED) is 0.0261. The van der Waals surface area contributed by atoms with Crippen molar-refractivity contribution in [2.75, 3.05) is 13.2 Å². The van der Waals surface area contributed by atoms with Crippen LogP contribution in [0, 0.1) is 0 Å². The maximum Gasteiger partial charge on any atom is 0.306 e. The first-order valence-electron chi connectivity index (χ1n) is 35.9. The maximum atomic E-state index is 13.0.